The second kappa shape index (κ2) is 10.1. The number of nitrogens with zero attached hydrogens (tertiary/aromatic N) is 1. The van der Waals surface area contributed by atoms with E-state index in [2.05, 4.69) is 43.1 Å². The molecule has 6 nitrogen and oxygen atoms in total. The van der Waals surface area contributed by atoms with Crippen LogP contribution in [-0.2, 0) is 6.42 Å². The zero-order valence-electron chi connectivity index (χ0n) is 19.4. The van der Waals surface area contributed by atoms with Crippen LogP contribution in [-0.4, -0.2) is 51.3 Å². The van der Waals surface area contributed by atoms with E-state index in [4.69, 9.17) is 14.2 Å². The molecule has 1 aliphatic heterocycles. The molecule has 0 aromatic heterocycles. The van der Waals surface area contributed by atoms with E-state index in [-0.39, 0.29) is 23.9 Å². The number of amides is 1. The fourth-order valence-corrected chi connectivity index (χ4v) is 4.39. The van der Waals surface area contributed by atoms with Crippen LogP contribution in [0.3, 0.4) is 0 Å². The Morgan fingerprint density at radius 1 is 1.06 bits per heavy atom. The van der Waals surface area contributed by atoms with Gasteiger partial charge in [-0.1, -0.05) is 20.8 Å². The van der Waals surface area contributed by atoms with Crippen molar-refractivity contribution in [3.63, 3.8) is 0 Å². The highest BCUT2D eigenvalue weighted by atomic mass is 16.5. The zero-order chi connectivity index (χ0) is 22.5. The van der Waals surface area contributed by atoms with Crippen LogP contribution in [0.1, 0.15) is 48.3 Å². The second-order valence-corrected chi connectivity index (χ2v) is 8.20. The lowest BCUT2D eigenvalue weighted by Crippen LogP contribution is -2.51. The van der Waals surface area contributed by atoms with Crippen LogP contribution in [0.2, 0.25) is 0 Å². The first kappa shape index (κ1) is 22.9. The average molecular weight is 427 g/mol. The van der Waals surface area contributed by atoms with Gasteiger partial charge in [0.05, 0.1) is 33.4 Å². The number of methoxy groups -OCH3 is 3. The van der Waals surface area contributed by atoms with Gasteiger partial charge in [-0.2, -0.15) is 0 Å². The van der Waals surface area contributed by atoms with Gasteiger partial charge in [-0.05, 0) is 66.4 Å². The number of fused-ring (bicyclic) bond motifs is 1. The summed E-state index contributed by atoms with van der Waals surface area (Å²) in [6.45, 7) is 8.32. The third kappa shape index (κ3) is 4.79. The van der Waals surface area contributed by atoms with E-state index in [1.165, 1.54) is 11.1 Å². The Morgan fingerprint density at radius 3 is 2.26 bits per heavy atom. The van der Waals surface area contributed by atoms with Crippen LogP contribution >= 0.6 is 0 Å². The van der Waals surface area contributed by atoms with Gasteiger partial charge in [-0.25, -0.2) is 0 Å². The van der Waals surface area contributed by atoms with E-state index in [9.17, 15) is 4.79 Å². The molecule has 0 saturated heterocycles. The number of hydrogen-bond donors (Lipinski definition) is 1. The Bertz CT molecular complexity index is 895. The molecule has 168 valence electrons. The molecule has 0 fully saturated rings. The van der Waals surface area contributed by atoms with Crippen molar-refractivity contribution in [3.8, 4) is 17.2 Å². The molecular weight excluding hydrogens is 392 g/mol. The fourth-order valence-electron chi connectivity index (χ4n) is 4.39. The van der Waals surface area contributed by atoms with Gasteiger partial charge in [0.25, 0.3) is 5.91 Å². The summed E-state index contributed by atoms with van der Waals surface area (Å²) in [7, 11) is 4.94. The molecule has 3 rings (SSSR count). The first-order valence-electron chi connectivity index (χ1n) is 10.9. The normalized spacial score (nSPS) is 17.1. The molecule has 1 N–H and O–H groups in total. The smallest absolute Gasteiger partial charge is 0.251 e. The Balaban J connectivity index is 1.97. The van der Waals surface area contributed by atoms with Gasteiger partial charge in [0.1, 0.15) is 5.75 Å². The van der Waals surface area contributed by atoms with Crippen molar-refractivity contribution in [3.05, 3.63) is 53.1 Å². The van der Waals surface area contributed by atoms with Crippen molar-refractivity contribution in [1.29, 1.82) is 0 Å². The third-order valence-corrected chi connectivity index (χ3v) is 6.14. The summed E-state index contributed by atoms with van der Waals surface area (Å²) < 4.78 is 16.3. The number of rotatable bonds is 8. The molecule has 1 aliphatic rings. The van der Waals surface area contributed by atoms with Crippen molar-refractivity contribution in [1.82, 2.24) is 10.2 Å². The zero-order valence-corrected chi connectivity index (χ0v) is 19.4. The summed E-state index contributed by atoms with van der Waals surface area (Å²) in [5.41, 5.74) is 3.06. The number of carbonyl (C=O) groups is 1. The lowest BCUT2D eigenvalue weighted by molar-refractivity contribution is 0.0834. The topological polar surface area (TPSA) is 60.0 Å². The molecule has 2 aromatic rings. The summed E-state index contributed by atoms with van der Waals surface area (Å²) in [6.07, 6.45) is 0.942. The SMILES string of the molecule is CCN1CCc2cc(OC)c(OC)cc2[C@@H]1[C@H](NC(=O)c1ccc(OC)cc1)C(C)C. The van der Waals surface area contributed by atoms with Crippen LogP contribution in [0.15, 0.2) is 36.4 Å². The van der Waals surface area contributed by atoms with Gasteiger partial charge < -0.3 is 19.5 Å². The molecule has 6 heteroatoms. The predicted molar refractivity (Wildman–Crippen MR) is 122 cm³/mol. The van der Waals surface area contributed by atoms with Crippen LogP contribution in [0.5, 0.6) is 17.2 Å². The number of carbonyl (C=O) groups excluding carboxylic acids is 1. The highest BCUT2D eigenvalue weighted by Gasteiger charge is 2.36. The maximum atomic E-state index is 13.1. The molecule has 0 unspecified atom stereocenters. The fraction of sp³-hybridized carbons (Fsp3) is 0.480. The molecule has 1 amide bonds. The van der Waals surface area contributed by atoms with Crippen LogP contribution < -0.4 is 19.5 Å². The minimum Gasteiger partial charge on any atom is -0.497 e. The Morgan fingerprint density at radius 2 is 1.71 bits per heavy atom. The average Bonchev–Trinajstić information content (AvgIpc) is 2.80. The highest BCUT2D eigenvalue weighted by molar-refractivity contribution is 5.94. The molecule has 1 heterocycles. The molecule has 0 aliphatic carbocycles. The number of benzene rings is 2. The van der Waals surface area contributed by atoms with Crippen LogP contribution in [0.4, 0.5) is 0 Å². The lowest BCUT2D eigenvalue weighted by atomic mass is 9.83. The van der Waals surface area contributed by atoms with Gasteiger partial charge in [0, 0.05) is 12.1 Å². The second-order valence-electron chi connectivity index (χ2n) is 8.20. The van der Waals surface area contributed by atoms with Gasteiger partial charge in [0.15, 0.2) is 11.5 Å². The van der Waals surface area contributed by atoms with Crippen LogP contribution in [0.25, 0.3) is 0 Å². The summed E-state index contributed by atoms with van der Waals surface area (Å²) >= 11 is 0. The summed E-state index contributed by atoms with van der Waals surface area (Å²) in [6, 6.07) is 11.4. The summed E-state index contributed by atoms with van der Waals surface area (Å²) in [5.74, 6) is 2.35. The first-order chi connectivity index (χ1) is 14.9. The predicted octanol–water partition coefficient (Wildman–Crippen LogP) is 4.09. The molecular formula is C25H34N2O4. The number of nitrogens with one attached hydrogen (secondary N) is 1. The van der Waals surface area contributed by atoms with E-state index in [0.29, 0.717) is 11.3 Å². The molecule has 31 heavy (non-hydrogen) atoms. The summed E-state index contributed by atoms with van der Waals surface area (Å²) in [4.78, 5) is 15.6. The van der Waals surface area contributed by atoms with Gasteiger partial charge in [-0.3, -0.25) is 9.69 Å². The van der Waals surface area contributed by atoms with Gasteiger partial charge >= 0.3 is 0 Å². The quantitative estimate of drug-likeness (QED) is 0.689. The standard InChI is InChI=1S/C25H34N2O4/c1-7-27-13-12-18-14-21(30-5)22(31-6)15-20(18)24(27)23(16(2)3)26-25(28)17-8-10-19(29-4)11-9-17/h8-11,14-16,23-24H,7,12-13H2,1-6H3,(H,26,28)/t23-,24-/m1/s1. The van der Waals surface area contributed by atoms with Crippen LogP contribution in [0, 0.1) is 5.92 Å². The van der Waals surface area contributed by atoms with Gasteiger partial charge in [0.2, 0.25) is 0 Å². The molecule has 0 bridgehead atoms. The van der Waals surface area contributed by atoms with E-state index >= 15 is 0 Å². The maximum absolute atomic E-state index is 13.1. The van der Waals surface area contributed by atoms with E-state index in [1.54, 1.807) is 33.5 Å². The maximum Gasteiger partial charge on any atom is 0.251 e. The molecule has 0 saturated carbocycles. The van der Waals surface area contributed by atoms with E-state index in [0.717, 1.165) is 31.0 Å². The van der Waals surface area contributed by atoms with Crippen molar-refractivity contribution >= 4 is 5.91 Å². The largest absolute Gasteiger partial charge is 0.497 e. The number of ether oxygens (including phenoxy) is 3. The molecule has 2 aromatic carbocycles. The minimum atomic E-state index is -0.0787. The van der Waals surface area contributed by atoms with E-state index in [1.807, 2.05) is 12.1 Å². The highest BCUT2D eigenvalue weighted by Crippen LogP contribution is 2.40. The monoisotopic (exact) mass is 426 g/mol. The Labute approximate surface area is 185 Å². The molecule has 2 atom stereocenters. The van der Waals surface area contributed by atoms with Crippen molar-refractivity contribution < 1.29 is 19.0 Å². The number of hydrogen-bond acceptors (Lipinski definition) is 5. The third-order valence-electron chi connectivity index (χ3n) is 6.14. The summed E-state index contributed by atoms with van der Waals surface area (Å²) in [5, 5.41) is 3.32. The minimum absolute atomic E-state index is 0.0516. The Hall–Kier alpha value is -2.73. The number of likely N-dealkylation sites (N-methyl/N-ethyl adjacent to an activating group) is 1. The lowest BCUT2D eigenvalue weighted by Gasteiger charge is -2.43. The Kier molecular flexibility index (Phi) is 7.44. The van der Waals surface area contributed by atoms with Crippen molar-refractivity contribution in [2.24, 2.45) is 5.92 Å². The van der Waals surface area contributed by atoms with E-state index < -0.39 is 0 Å². The van der Waals surface area contributed by atoms with Crippen molar-refractivity contribution in [2.45, 2.75) is 39.3 Å². The van der Waals surface area contributed by atoms with Crippen molar-refractivity contribution in [2.75, 3.05) is 34.4 Å². The van der Waals surface area contributed by atoms with Gasteiger partial charge in [-0.15, -0.1) is 0 Å². The molecule has 0 spiro atoms. The molecule has 0 radical (unpaired) electrons. The first-order valence-corrected chi connectivity index (χ1v) is 10.9.